The summed E-state index contributed by atoms with van der Waals surface area (Å²) in [5.41, 5.74) is 1.14. The summed E-state index contributed by atoms with van der Waals surface area (Å²) in [7, 11) is 2.92. The van der Waals surface area contributed by atoms with Crippen LogP contribution in [-0.4, -0.2) is 62.4 Å². The van der Waals surface area contributed by atoms with Crippen molar-refractivity contribution >= 4 is 12.1 Å². The van der Waals surface area contributed by atoms with E-state index in [0.29, 0.717) is 18.6 Å². The highest BCUT2D eigenvalue weighted by Crippen LogP contribution is 2.59. The first-order valence-corrected chi connectivity index (χ1v) is 11.8. The van der Waals surface area contributed by atoms with Crippen molar-refractivity contribution in [2.45, 2.75) is 75.6 Å². The Labute approximate surface area is 200 Å². The van der Waals surface area contributed by atoms with Crippen LogP contribution in [0, 0.1) is 5.92 Å². The Bertz CT molecular complexity index is 924. The lowest BCUT2D eigenvalue weighted by Gasteiger charge is -2.42. The lowest BCUT2D eigenvalue weighted by Crippen LogP contribution is -2.56. The Morgan fingerprint density at radius 1 is 1.24 bits per heavy atom. The predicted octanol–water partition coefficient (Wildman–Crippen LogP) is 3.70. The van der Waals surface area contributed by atoms with E-state index in [1.807, 2.05) is 6.07 Å². The van der Waals surface area contributed by atoms with Gasteiger partial charge in [-0.25, -0.2) is 9.59 Å². The molecule has 2 saturated heterocycles. The molecule has 4 rings (SSSR count). The van der Waals surface area contributed by atoms with Gasteiger partial charge in [0.2, 0.25) is 0 Å². The molecule has 1 aromatic carbocycles. The molecule has 8 heteroatoms. The fourth-order valence-corrected chi connectivity index (χ4v) is 5.40. The number of hydrogen-bond acceptors (Lipinski definition) is 7. The molecule has 1 spiro atoms. The second kappa shape index (κ2) is 9.68. The summed E-state index contributed by atoms with van der Waals surface area (Å²) in [6, 6.07) is 7.97. The van der Waals surface area contributed by atoms with Crippen molar-refractivity contribution in [1.29, 1.82) is 0 Å². The molecular formula is C26H35NO7. The standard InChI is InChI=1S/C26H35NO7/c1-16(2)11-12-19-25(3,34-19)22-21(30-4)18(13-14-26(22)15-32-26)33-24(29)27-20(23(28)31-5)17-9-7-6-8-10-17/h6-11,18-22H,12-15H2,1-5H3,(H,27,29)/t18-,19+,20-,21-,22-,25-,26+/m1/s1. The van der Waals surface area contributed by atoms with Gasteiger partial charge in [0.1, 0.15) is 23.4 Å². The second-order valence-electron chi connectivity index (χ2n) is 9.83. The molecule has 8 nitrogen and oxygen atoms in total. The van der Waals surface area contributed by atoms with Crippen LogP contribution in [0.1, 0.15) is 51.6 Å². The summed E-state index contributed by atoms with van der Waals surface area (Å²) in [4.78, 5) is 25.2. The molecule has 3 fully saturated rings. The van der Waals surface area contributed by atoms with Gasteiger partial charge in [0.05, 0.1) is 25.7 Å². The molecule has 1 N–H and O–H groups in total. The van der Waals surface area contributed by atoms with Crippen LogP contribution in [0.2, 0.25) is 0 Å². The van der Waals surface area contributed by atoms with Crippen molar-refractivity contribution in [1.82, 2.24) is 5.32 Å². The SMILES string of the molecule is COC(=O)[C@H](NC(=O)O[C@@H]1CC[C@]2(CO2)[C@@H]([C@]2(C)O[C@H]2CC=C(C)C)[C@@H]1OC)c1ccccc1. The van der Waals surface area contributed by atoms with Gasteiger partial charge in [-0.15, -0.1) is 0 Å². The van der Waals surface area contributed by atoms with E-state index in [0.717, 1.165) is 12.8 Å². The number of nitrogens with one attached hydrogen (secondary N) is 1. The topological polar surface area (TPSA) is 98.9 Å². The third-order valence-electron chi connectivity index (χ3n) is 7.33. The number of benzene rings is 1. The van der Waals surface area contributed by atoms with Crippen LogP contribution in [0.4, 0.5) is 4.79 Å². The van der Waals surface area contributed by atoms with Crippen LogP contribution < -0.4 is 5.32 Å². The maximum atomic E-state index is 12.9. The van der Waals surface area contributed by atoms with Gasteiger partial charge >= 0.3 is 12.1 Å². The maximum Gasteiger partial charge on any atom is 0.408 e. The third kappa shape index (κ3) is 4.85. The zero-order chi connectivity index (χ0) is 24.5. The Balaban J connectivity index is 1.47. The Kier molecular flexibility index (Phi) is 7.03. The highest BCUT2D eigenvalue weighted by molar-refractivity contribution is 5.82. The van der Waals surface area contributed by atoms with Crippen LogP contribution in [0.25, 0.3) is 0 Å². The second-order valence-corrected chi connectivity index (χ2v) is 9.83. The van der Waals surface area contributed by atoms with Crippen molar-refractivity contribution < 1.29 is 33.3 Å². The van der Waals surface area contributed by atoms with Gasteiger partial charge in [-0.2, -0.15) is 0 Å². The molecule has 7 atom stereocenters. The predicted molar refractivity (Wildman–Crippen MR) is 124 cm³/mol. The summed E-state index contributed by atoms with van der Waals surface area (Å²) in [5, 5.41) is 2.66. The Morgan fingerprint density at radius 3 is 2.53 bits per heavy atom. The van der Waals surface area contributed by atoms with E-state index < -0.39 is 35.9 Å². The first kappa shape index (κ1) is 24.7. The molecule has 1 aliphatic carbocycles. The van der Waals surface area contributed by atoms with Gasteiger partial charge in [0.25, 0.3) is 0 Å². The fourth-order valence-electron chi connectivity index (χ4n) is 5.40. The smallest absolute Gasteiger partial charge is 0.408 e. The maximum absolute atomic E-state index is 12.9. The van der Waals surface area contributed by atoms with Crippen LogP contribution >= 0.6 is 0 Å². The number of carbonyl (C=O) groups excluding carboxylic acids is 2. The van der Waals surface area contributed by atoms with Crippen molar-refractivity contribution in [2.24, 2.45) is 5.92 Å². The van der Waals surface area contributed by atoms with E-state index in [-0.39, 0.29) is 17.6 Å². The normalized spacial score (nSPS) is 34.6. The van der Waals surface area contributed by atoms with E-state index >= 15 is 0 Å². The number of methoxy groups -OCH3 is 2. The van der Waals surface area contributed by atoms with Crippen molar-refractivity contribution in [3.8, 4) is 0 Å². The van der Waals surface area contributed by atoms with E-state index in [1.54, 1.807) is 31.4 Å². The molecule has 1 aromatic rings. The minimum absolute atomic E-state index is 0.0699. The van der Waals surface area contributed by atoms with Crippen LogP contribution in [0.5, 0.6) is 0 Å². The zero-order valence-corrected chi connectivity index (χ0v) is 20.5. The Hall–Kier alpha value is -2.42. The first-order chi connectivity index (χ1) is 16.2. The van der Waals surface area contributed by atoms with E-state index in [2.05, 4.69) is 32.2 Å². The third-order valence-corrected chi connectivity index (χ3v) is 7.33. The molecule has 0 aromatic heterocycles. The van der Waals surface area contributed by atoms with E-state index in [1.165, 1.54) is 12.7 Å². The molecular weight excluding hydrogens is 438 g/mol. The molecule has 1 saturated carbocycles. The molecule has 2 aliphatic heterocycles. The van der Waals surface area contributed by atoms with Gasteiger partial charge in [-0.05, 0) is 45.6 Å². The minimum Gasteiger partial charge on any atom is -0.467 e. The number of alkyl carbamates (subject to hydrolysis) is 1. The summed E-state index contributed by atoms with van der Waals surface area (Å²) in [5.74, 6) is -0.642. The molecule has 0 bridgehead atoms. The molecule has 3 aliphatic rings. The molecule has 2 heterocycles. The highest BCUT2D eigenvalue weighted by atomic mass is 16.6. The molecule has 186 valence electrons. The molecule has 0 radical (unpaired) electrons. The molecule has 1 amide bonds. The van der Waals surface area contributed by atoms with Crippen LogP contribution in [-0.2, 0) is 28.5 Å². The van der Waals surface area contributed by atoms with E-state index in [9.17, 15) is 9.59 Å². The van der Waals surface area contributed by atoms with Gasteiger partial charge < -0.3 is 29.0 Å². The lowest BCUT2D eigenvalue weighted by atomic mass is 9.68. The lowest BCUT2D eigenvalue weighted by molar-refractivity contribution is -0.143. The van der Waals surface area contributed by atoms with Crippen molar-refractivity contribution in [3.63, 3.8) is 0 Å². The average molecular weight is 474 g/mol. The molecule has 0 unspecified atom stereocenters. The monoisotopic (exact) mass is 473 g/mol. The summed E-state index contributed by atoms with van der Waals surface area (Å²) in [6.45, 7) is 6.90. The van der Waals surface area contributed by atoms with E-state index in [4.69, 9.17) is 23.7 Å². The molecule has 34 heavy (non-hydrogen) atoms. The number of esters is 1. The quantitative estimate of drug-likeness (QED) is 0.349. The van der Waals surface area contributed by atoms with Crippen molar-refractivity contribution in [3.05, 3.63) is 47.5 Å². The summed E-state index contributed by atoms with van der Waals surface area (Å²) >= 11 is 0. The number of rotatable bonds is 8. The average Bonchev–Trinajstić information content (AvgIpc) is 3.74. The van der Waals surface area contributed by atoms with Gasteiger partial charge in [-0.3, -0.25) is 0 Å². The largest absolute Gasteiger partial charge is 0.467 e. The number of epoxide rings is 2. The summed E-state index contributed by atoms with van der Waals surface area (Å²) < 4.78 is 28.8. The number of ether oxygens (including phenoxy) is 5. The highest BCUT2D eigenvalue weighted by Gasteiger charge is 2.72. The fraction of sp³-hybridized carbons (Fsp3) is 0.615. The number of amides is 1. The zero-order valence-electron chi connectivity index (χ0n) is 20.5. The number of allylic oxidation sites excluding steroid dienone is 1. The van der Waals surface area contributed by atoms with Crippen molar-refractivity contribution in [2.75, 3.05) is 20.8 Å². The number of hydrogen-bond donors (Lipinski definition) is 1. The summed E-state index contributed by atoms with van der Waals surface area (Å²) in [6.07, 6.45) is 2.85. The number of carbonyl (C=O) groups is 2. The van der Waals surface area contributed by atoms with Crippen LogP contribution in [0.15, 0.2) is 42.0 Å². The van der Waals surface area contributed by atoms with Crippen LogP contribution in [0.3, 0.4) is 0 Å². The first-order valence-electron chi connectivity index (χ1n) is 11.8. The van der Waals surface area contributed by atoms with Gasteiger partial charge in [0.15, 0.2) is 6.04 Å². The van der Waals surface area contributed by atoms with Gasteiger partial charge in [-0.1, -0.05) is 42.0 Å². The Morgan fingerprint density at radius 2 is 1.94 bits per heavy atom. The van der Waals surface area contributed by atoms with Gasteiger partial charge in [0, 0.05) is 7.11 Å². The minimum atomic E-state index is -0.963.